The van der Waals surface area contributed by atoms with Crippen molar-refractivity contribution in [1.82, 2.24) is 20.4 Å². The van der Waals surface area contributed by atoms with Crippen LogP contribution in [0.2, 0.25) is 0 Å². The summed E-state index contributed by atoms with van der Waals surface area (Å²) in [6.07, 6.45) is 4.27. The molecule has 2 N–H and O–H groups in total. The number of rotatable bonds is 6. The molecule has 0 unspecified atom stereocenters. The van der Waals surface area contributed by atoms with Crippen LogP contribution in [0.25, 0.3) is 0 Å². The summed E-state index contributed by atoms with van der Waals surface area (Å²) in [4.78, 5) is 40.1. The predicted molar refractivity (Wildman–Crippen MR) is 114 cm³/mol. The van der Waals surface area contributed by atoms with Gasteiger partial charge in [0.25, 0.3) is 5.91 Å². The smallest absolute Gasteiger partial charge is 0.325 e. The molecule has 7 nitrogen and oxygen atoms in total. The summed E-state index contributed by atoms with van der Waals surface area (Å²) in [5.74, 6) is -0.628. The van der Waals surface area contributed by atoms with Crippen molar-refractivity contribution in [3.63, 3.8) is 0 Å². The highest BCUT2D eigenvalue weighted by Crippen LogP contribution is 2.49. The molecule has 0 radical (unpaired) electrons. The number of nitrogens with zero attached hydrogens (tertiary/aromatic N) is 2. The highest BCUT2D eigenvalue weighted by molar-refractivity contribution is 6.08. The zero-order valence-electron chi connectivity index (χ0n) is 18.2. The van der Waals surface area contributed by atoms with Crippen LogP contribution in [0, 0.1) is 6.92 Å². The van der Waals surface area contributed by atoms with Crippen LogP contribution in [-0.4, -0.2) is 65.4 Å². The van der Waals surface area contributed by atoms with Crippen LogP contribution >= 0.6 is 0 Å². The molecule has 0 atom stereocenters. The highest BCUT2D eigenvalue weighted by Gasteiger charge is 2.46. The van der Waals surface area contributed by atoms with E-state index >= 15 is 0 Å². The number of amides is 4. The standard InChI is InChI=1S/C23H32N4O3/c1-16-4-6-17(7-5-16)23(10-11-23)15-26-12-8-18(9-13-26)24-19(28)14-27-20(29)22(2,3)25-21(27)30/h4-7,18H,8-15H2,1-3H3,(H,24,28)(H,25,30). The molecule has 1 aromatic carbocycles. The molecule has 3 aliphatic rings. The van der Waals surface area contributed by atoms with E-state index in [4.69, 9.17) is 0 Å². The van der Waals surface area contributed by atoms with Crippen LogP contribution < -0.4 is 10.6 Å². The van der Waals surface area contributed by atoms with Gasteiger partial charge in [-0.1, -0.05) is 29.8 Å². The molecule has 1 aliphatic carbocycles. The molecular weight excluding hydrogens is 380 g/mol. The van der Waals surface area contributed by atoms with Gasteiger partial charge >= 0.3 is 6.03 Å². The molecule has 30 heavy (non-hydrogen) atoms. The van der Waals surface area contributed by atoms with E-state index in [1.165, 1.54) is 24.0 Å². The van der Waals surface area contributed by atoms with Crippen molar-refractivity contribution in [3.05, 3.63) is 35.4 Å². The second-order valence-corrected chi connectivity index (χ2v) is 9.71. The highest BCUT2D eigenvalue weighted by atomic mass is 16.2. The Hall–Kier alpha value is -2.41. The lowest BCUT2D eigenvalue weighted by Gasteiger charge is -2.35. The quantitative estimate of drug-likeness (QED) is 0.700. The van der Waals surface area contributed by atoms with Gasteiger partial charge in [-0.3, -0.25) is 14.5 Å². The first kappa shape index (κ1) is 20.8. The monoisotopic (exact) mass is 412 g/mol. The van der Waals surface area contributed by atoms with Crippen LogP contribution in [0.3, 0.4) is 0 Å². The Bertz CT molecular complexity index is 837. The average Bonchev–Trinajstić information content (AvgIpc) is 3.44. The van der Waals surface area contributed by atoms with E-state index in [2.05, 4.69) is 46.7 Å². The van der Waals surface area contributed by atoms with Gasteiger partial charge < -0.3 is 15.5 Å². The molecule has 2 aliphatic heterocycles. The number of aryl methyl sites for hydroxylation is 1. The first-order valence-corrected chi connectivity index (χ1v) is 10.9. The van der Waals surface area contributed by atoms with Crippen molar-refractivity contribution < 1.29 is 14.4 Å². The van der Waals surface area contributed by atoms with Crippen LogP contribution in [-0.2, 0) is 15.0 Å². The second-order valence-electron chi connectivity index (χ2n) is 9.71. The van der Waals surface area contributed by atoms with Crippen LogP contribution in [0.15, 0.2) is 24.3 Å². The predicted octanol–water partition coefficient (Wildman–Crippen LogP) is 1.94. The number of hydrogen-bond donors (Lipinski definition) is 2. The fourth-order valence-corrected chi connectivity index (χ4v) is 4.64. The molecule has 4 rings (SSSR count). The van der Waals surface area contributed by atoms with Crippen molar-refractivity contribution in [1.29, 1.82) is 0 Å². The molecule has 0 spiro atoms. The number of urea groups is 1. The number of piperidine rings is 1. The van der Waals surface area contributed by atoms with Gasteiger partial charge in [0.2, 0.25) is 5.91 Å². The summed E-state index contributed by atoms with van der Waals surface area (Å²) >= 11 is 0. The van der Waals surface area contributed by atoms with Gasteiger partial charge in [0.15, 0.2) is 0 Å². The number of nitrogens with one attached hydrogen (secondary N) is 2. The van der Waals surface area contributed by atoms with Crippen molar-refractivity contribution in [2.24, 2.45) is 0 Å². The van der Waals surface area contributed by atoms with E-state index in [0.717, 1.165) is 37.4 Å². The third-order valence-corrected chi connectivity index (χ3v) is 6.74. The molecule has 7 heteroatoms. The van der Waals surface area contributed by atoms with E-state index in [9.17, 15) is 14.4 Å². The third kappa shape index (κ3) is 4.21. The Balaban J connectivity index is 1.24. The normalized spacial score (nSPS) is 23.4. The van der Waals surface area contributed by atoms with Gasteiger partial charge in [0, 0.05) is 31.1 Å². The van der Waals surface area contributed by atoms with Gasteiger partial charge in [-0.15, -0.1) is 0 Å². The summed E-state index contributed by atoms with van der Waals surface area (Å²) in [6.45, 7) is 8.17. The van der Waals surface area contributed by atoms with Crippen LogP contribution in [0.1, 0.15) is 50.7 Å². The summed E-state index contributed by atoms with van der Waals surface area (Å²) in [7, 11) is 0. The lowest BCUT2D eigenvalue weighted by atomic mass is 9.93. The molecule has 1 saturated carbocycles. The molecular formula is C23H32N4O3. The summed E-state index contributed by atoms with van der Waals surface area (Å²) in [6, 6.07) is 8.53. The van der Waals surface area contributed by atoms with E-state index in [1.54, 1.807) is 13.8 Å². The second kappa shape index (κ2) is 7.69. The number of hydrogen-bond acceptors (Lipinski definition) is 4. The zero-order valence-corrected chi connectivity index (χ0v) is 18.2. The molecule has 0 bridgehead atoms. The van der Waals surface area contributed by atoms with E-state index in [-0.39, 0.29) is 24.4 Å². The molecule has 162 valence electrons. The molecule has 3 fully saturated rings. The van der Waals surface area contributed by atoms with Gasteiger partial charge in [-0.2, -0.15) is 0 Å². The lowest BCUT2D eigenvalue weighted by molar-refractivity contribution is -0.134. The van der Waals surface area contributed by atoms with E-state index in [0.29, 0.717) is 5.41 Å². The number of imide groups is 1. The molecule has 1 aromatic rings. The van der Waals surface area contributed by atoms with Crippen molar-refractivity contribution >= 4 is 17.8 Å². The van der Waals surface area contributed by atoms with Gasteiger partial charge in [-0.05, 0) is 52.0 Å². The molecule has 2 heterocycles. The first-order valence-electron chi connectivity index (χ1n) is 10.9. The fourth-order valence-electron chi connectivity index (χ4n) is 4.64. The molecule has 4 amide bonds. The van der Waals surface area contributed by atoms with Crippen LogP contribution in [0.4, 0.5) is 4.79 Å². The summed E-state index contributed by atoms with van der Waals surface area (Å²) in [5.41, 5.74) is 2.10. The largest absolute Gasteiger partial charge is 0.352 e. The number of carbonyl (C=O) groups is 3. The summed E-state index contributed by atoms with van der Waals surface area (Å²) in [5, 5.41) is 5.61. The minimum atomic E-state index is -0.946. The van der Waals surface area contributed by atoms with Crippen molar-refractivity contribution in [3.8, 4) is 0 Å². The fraction of sp³-hybridized carbons (Fsp3) is 0.609. The first-order chi connectivity index (χ1) is 14.2. The maximum atomic E-state index is 12.4. The third-order valence-electron chi connectivity index (χ3n) is 6.74. The topological polar surface area (TPSA) is 81.8 Å². The Labute approximate surface area is 178 Å². The van der Waals surface area contributed by atoms with Gasteiger partial charge in [-0.25, -0.2) is 4.79 Å². The Kier molecular flexibility index (Phi) is 5.34. The summed E-state index contributed by atoms with van der Waals surface area (Å²) < 4.78 is 0. The minimum absolute atomic E-state index is 0.0945. The van der Waals surface area contributed by atoms with E-state index < -0.39 is 11.6 Å². The minimum Gasteiger partial charge on any atom is -0.352 e. The van der Waals surface area contributed by atoms with Crippen LogP contribution in [0.5, 0.6) is 0 Å². The molecule has 2 saturated heterocycles. The number of likely N-dealkylation sites (tertiary alicyclic amines) is 1. The zero-order chi connectivity index (χ0) is 21.5. The van der Waals surface area contributed by atoms with E-state index in [1.807, 2.05) is 0 Å². The van der Waals surface area contributed by atoms with Crippen molar-refractivity contribution in [2.45, 2.75) is 63.5 Å². The SMILES string of the molecule is Cc1ccc(C2(CN3CCC(NC(=O)CN4C(=O)NC(C)(C)C4=O)CC3)CC2)cc1. The van der Waals surface area contributed by atoms with Crippen molar-refractivity contribution in [2.75, 3.05) is 26.2 Å². The van der Waals surface area contributed by atoms with Gasteiger partial charge in [0.05, 0.1) is 0 Å². The Morgan fingerprint density at radius 3 is 2.30 bits per heavy atom. The Morgan fingerprint density at radius 2 is 1.77 bits per heavy atom. The Morgan fingerprint density at radius 1 is 1.13 bits per heavy atom. The lowest BCUT2D eigenvalue weighted by Crippen LogP contribution is -2.49. The number of carbonyl (C=O) groups excluding carboxylic acids is 3. The number of benzene rings is 1. The van der Waals surface area contributed by atoms with Gasteiger partial charge in [0.1, 0.15) is 12.1 Å². The maximum absolute atomic E-state index is 12.4. The molecule has 0 aromatic heterocycles. The average molecular weight is 413 g/mol. The maximum Gasteiger partial charge on any atom is 0.325 e.